The van der Waals surface area contributed by atoms with Crippen molar-refractivity contribution in [3.8, 4) is 0 Å². The highest BCUT2D eigenvalue weighted by atomic mass is 31.2. The number of esters is 2. The first-order chi connectivity index (χ1) is 15.7. The molecule has 1 aromatic carbocycles. The third-order valence-corrected chi connectivity index (χ3v) is 6.80. The van der Waals surface area contributed by atoms with Crippen molar-refractivity contribution in [2.24, 2.45) is 4.74 Å². The second-order valence-electron chi connectivity index (χ2n) is 7.03. The summed E-state index contributed by atoms with van der Waals surface area (Å²) in [7, 11) is -2.48. The van der Waals surface area contributed by atoms with Gasteiger partial charge in [-0.1, -0.05) is 0 Å². The number of hydrogen-bond donors (Lipinski definition) is 0. The second kappa shape index (κ2) is 11.6. The lowest BCUT2D eigenvalue weighted by molar-refractivity contribution is -0.402. The number of carbonyl (C=O) groups is 2. The Balaban J connectivity index is 4.35. The minimum Gasteiger partial charge on any atom is -0.468 e. The highest BCUT2D eigenvalue weighted by Crippen LogP contribution is 2.63. The average molecular weight is 506 g/mol. The fourth-order valence-electron chi connectivity index (χ4n) is 2.66. The molecule has 0 unspecified atom stereocenters. The van der Waals surface area contributed by atoms with E-state index in [2.05, 4.69) is 14.2 Å². The van der Waals surface area contributed by atoms with Crippen molar-refractivity contribution in [3.63, 3.8) is 0 Å². The van der Waals surface area contributed by atoms with E-state index in [1.54, 1.807) is 0 Å². The quantitative estimate of drug-likeness (QED) is 0.138. The summed E-state index contributed by atoms with van der Waals surface area (Å²) in [5.74, 6) is -2.48. The Bertz CT molecular complexity index is 990. The van der Waals surface area contributed by atoms with Gasteiger partial charge in [-0.25, -0.2) is 4.74 Å². The van der Waals surface area contributed by atoms with Crippen LogP contribution in [-0.4, -0.2) is 58.8 Å². The minimum atomic E-state index is -4.36. The van der Waals surface area contributed by atoms with Gasteiger partial charge < -0.3 is 18.5 Å². The molecule has 0 heterocycles. The zero-order valence-electron chi connectivity index (χ0n) is 19.0. The Kier molecular flexibility index (Phi) is 9.72. The number of nitro groups is 3. The van der Waals surface area contributed by atoms with Crippen molar-refractivity contribution < 1.29 is 42.9 Å². The molecule has 0 aromatic heterocycles. The fraction of sp³-hybridized carbons (Fsp3) is 0.529. The Morgan fingerprint density at radius 3 is 1.47 bits per heavy atom. The Hall–Kier alpha value is -3.49. The molecule has 0 amide bonds. The molecule has 34 heavy (non-hydrogen) atoms. The van der Waals surface area contributed by atoms with Crippen molar-refractivity contribution in [3.05, 3.63) is 42.5 Å². The first-order valence-corrected chi connectivity index (χ1v) is 11.1. The van der Waals surface area contributed by atoms with Gasteiger partial charge in [-0.3, -0.25) is 39.9 Å². The molecule has 1 rings (SSSR count). The maximum Gasteiger partial charge on any atom is 0.330 e. The Labute approximate surface area is 192 Å². The highest BCUT2D eigenvalue weighted by Gasteiger charge is 2.49. The van der Waals surface area contributed by atoms with Gasteiger partial charge in [0.15, 0.2) is 0 Å². The molecule has 0 radical (unpaired) electrons. The van der Waals surface area contributed by atoms with E-state index in [1.807, 2.05) is 0 Å². The molecule has 17 heteroatoms. The lowest BCUT2D eigenvalue weighted by Gasteiger charge is -2.31. The molecule has 0 aliphatic heterocycles. The number of benzene rings is 1. The van der Waals surface area contributed by atoms with E-state index in [-0.39, 0.29) is 0 Å². The van der Waals surface area contributed by atoms with Crippen LogP contribution in [0.1, 0.15) is 27.7 Å². The SMILES string of the molecule is COC(=O)C(C(=O)OC)P(=Nc1c([N+](=O)[O-])cc([N+](=O)[O-])cc1[N+](=O)[O-])(OC(C)C)OC(C)C. The normalized spacial score (nSPS) is 11.4. The molecule has 0 saturated carbocycles. The summed E-state index contributed by atoms with van der Waals surface area (Å²) in [6.45, 7) is 5.88. The molecule has 0 atom stereocenters. The monoisotopic (exact) mass is 506 g/mol. The summed E-state index contributed by atoms with van der Waals surface area (Å²) < 4.78 is 24.8. The molecule has 0 N–H and O–H groups in total. The number of nitro benzene ring substituents is 3. The predicted molar refractivity (Wildman–Crippen MR) is 116 cm³/mol. The summed E-state index contributed by atoms with van der Waals surface area (Å²) in [5, 5.41) is 34.6. The number of ether oxygens (including phenoxy) is 2. The summed E-state index contributed by atoms with van der Waals surface area (Å²) >= 11 is 0. The van der Waals surface area contributed by atoms with Crippen molar-refractivity contribution in [1.82, 2.24) is 0 Å². The lowest BCUT2D eigenvalue weighted by Crippen LogP contribution is -2.35. The number of rotatable bonds is 11. The van der Waals surface area contributed by atoms with E-state index >= 15 is 0 Å². The van der Waals surface area contributed by atoms with Crippen molar-refractivity contribution in [2.45, 2.75) is 45.6 Å². The van der Waals surface area contributed by atoms with Gasteiger partial charge in [0.2, 0.25) is 18.9 Å². The van der Waals surface area contributed by atoms with Crippen molar-refractivity contribution in [1.29, 1.82) is 0 Å². The summed E-state index contributed by atoms with van der Waals surface area (Å²) in [4.78, 5) is 56.5. The molecule has 0 aliphatic rings. The van der Waals surface area contributed by atoms with Crippen LogP contribution in [0.3, 0.4) is 0 Å². The second-order valence-corrected chi connectivity index (χ2v) is 9.29. The van der Waals surface area contributed by atoms with E-state index in [1.165, 1.54) is 27.7 Å². The smallest absolute Gasteiger partial charge is 0.330 e. The third-order valence-electron chi connectivity index (χ3n) is 3.80. The van der Waals surface area contributed by atoms with Crippen LogP contribution in [0.4, 0.5) is 22.7 Å². The van der Waals surface area contributed by atoms with E-state index in [9.17, 15) is 39.9 Å². The van der Waals surface area contributed by atoms with Crippen LogP contribution in [0, 0.1) is 30.3 Å². The van der Waals surface area contributed by atoms with Crippen LogP contribution in [0.5, 0.6) is 0 Å². The van der Waals surface area contributed by atoms with Crippen LogP contribution >= 0.6 is 7.51 Å². The van der Waals surface area contributed by atoms with Gasteiger partial charge >= 0.3 is 23.3 Å². The zero-order valence-corrected chi connectivity index (χ0v) is 19.9. The number of nitrogens with zero attached hydrogens (tertiary/aromatic N) is 4. The van der Waals surface area contributed by atoms with Crippen molar-refractivity contribution >= 4 is 42.2 Å². The molecule has 188 valence electrons. The Morgan fingerprint density at radius 1 is 0.824 bits per heavy atom. The summed E-state index contributed by atoms with van der Waals surface area (Å²) in [5.41, 5.74) is -6.26. The van der Waals surface area contributed by atoms with E-state index in [0.717, 1.165) is 14.2 Å². The van der Waals surface area contributed by atoms with E-state index < -0.39 is 74.8 Å². The molecular weight excluding hydrogens is 483 g/mol. The topological polar surface area (TPSA) is 213 Å². The lowest BCUT2D eigenvalue weighted by atomic mass is 10.2. The molecule has 0 spiro atoms. The number of non-ortho nitro benzene ring substituents is 1. The predicted octanol–water partition coefficient (Wildman–Crippen LogP) is 3.64. The first-order valence-electron chi connectivity index (χ1n) is 9.46. The number of methoxy groups -OCH3 is 2. The molecule has 16 nitrogen and oxygen atoms in total. The third kappa shape index (κ3) is 6.52. The van der Waals surface area contributed by atoms with Gasteiger partial charge in [-0.2, -0.15) is 0 Å². The van der Waals surface area contributed by atoms with E-state index in [4.69, 9.17) is 9.05 Å². The number of carbonyl (C=O) groups excluding carboxylic acids is 2. The van der Waals surface area contributed by atoms with Gasteiger partial charge in [-0.15, -0.1) is 0 Å². The van der Waals surface area contributed by atoms with Gasteiger partial charge in [0.05, 0.1) is 53.3 Å². The van der Waals surface area contributed by atoms with Crippen LogP contribution in [0.25, 0.3) is 0 Å². The number of hydrogen-bond acceptors (Lipinski definition) is 13. The molecule has 0 aliphatic carbocycles. The van der Waals surface area contributed by atoms with Crippen molar-refractivity contribution in [2.75, 3.05) is 14.2 Å². The maximum absolute atomic E-state index is 12.6. The molecule has 0 bridgehead atoms. The molecule has 0 fully saturated rings. The van der Waals surface area contributed by atoms with Crippen LogP contribution < -0.4 is 0 Å². The highest BCUT2D eigenvalue weighted by molar-refractivity contribution is 7.59. The fourth-order valence-corrected chi connectivity index (χ4v) is 5.60. The Morgan fingerprint density at radius 2 is 1.21 bits per heavy atom. The standard InChI is InChI=1S/C17H23N4O12P/c1-9(2)32-34(33-10(3)4,15(16(22)30-5)17(23)31-6)18-14-12(20(26)27)7-11(19(24)25)8-13(14)21(28)29/h7-10,15H,1-6H3. The van der Waals surface area contributed by atoms with Gasteiger partial charge in [0.25, 0.3) is 5.69 Å². The molecule has 0 saturated heterocycles. The first kappa shape index (κ1) is 28.5. The summed E-state index contributed by atoms with van der Waals surface area (Å²) in [6, 6.07) is 0.910. The van der Waals surface area contributed by atoms with Crippen LogP contribution in [-0.2, 0) is 28.1 Å². The van der Waals surface area contributed by atoms with Crippen LogP contribution in [0.2, 0.25) is 0 Å². The minimum absolute atomic E-state index is 0.455. The largest absolute Gasteiger partial charge is 0.468 e. The van der Waals surface area contributed by atoms with Gasteiger partial charge in [0, 0.05) is 0 Å². The van der Waals surface area contributed by atoms with E-state index in [0.29, 0.717) is 12.1 Å². The summed E-state index contributed by atoms with van der Waals surface area (Å²) in [6.07, 6.45) is -1.63. The molecule has 1 aromatic rings. The zero-order chi connectivity index (χ0) is 26.4. The van der Waals surface area contributed by atoms with Gasteiger partial charge in [0.1, 0.15) is 0 Å². The van der Waals surface area contributed by atoms with Crippen LogP contribution in [0.15, 0.2) is 16.9 Å². The van der Waals surface area contributed by atoms with Gasteiger partial charge in [-0.05, 0) is 27.7 Å². The molecular formula is C17H23N4O12P. The average Bonchev–Trinajstić information content (AvgIpc) is 2.71. The maximum atomic E-state index is 12.6.